The zero-order chi connectivity index (χ0) is 15.2. The molecule has 0 saturated heterocycles. The molecule has 0 spiro atoms. The van der Waals surface area contributed by atoms with Gasteiger partial charge in [0.2, 0.25) is 0 Å². The highest BCUT2D eigenvalue weighted by Crippen LogP contribution is 2.36. The molecule has 2 unspecified atom stereocenters. The van der Waals surface area contributed by atoms with E-state index in [9.17, 15) is 0 Å². The molecule has 2 atom stereocenters. The van der Waals surface area contributed by atoms with Crippen molar-refractivity contribution in [2.45, 2.75) is 57.5 Å². The smallest absolute Gasteiger partial charge is 0.0820 e. The average molecular weight is 313 g/mol. The van der Waals surface area contributed by atoms with E-state index in [0.717, 1.165) is 24.7 Å². The molecule has 1 aromatic rings. The molecule has 4 nitrogen and oxygen atoms in total. The summed E-state index contributed by atoms with van der Waals surface area (Å²) in [6, 6.07) is 0.636. The van der Waals surface area contributed by atoms with Crippen molar-refractivity contribution in [3.8, 4) is 0 Å². The van der Waals surface area contributed by atoms with E-state index in [1.807, 2.05) is 6.20 Å². The summed E-state index contributed by atoms with van der Waals surface area (Å²) in [5.41, 5.74) is 1.25. The average Bonchev–Trinajstić information content (AvgIpc) is 2.84. The quantitative estimate of drug-likeness (QED) is 0.839. The Morgan fingerprint density at radius 1 is 1.43 bits per heavy atom. The Morgan fingerprint density at radius 2 is 2.24 bits per heavy atom. The van der Waals surface area contributed by atoms with Crippen LogP contribution in [0.25, 0.3) is 0 Å². The zero-order valence-corrected chi connectivity index (χ0v) is 14.4. The molecule has 120 valence electrons. The van der Waals surface area contributed by atoms with Crippen LogP contribution in [-0.4, -0.2) is 47.9 Å². The van der Waals surface area contributed by atoms with Crippen molar-refractivity contribution in [1.82, 2.24) is 20.0 Å². The molecular formula is C16H29ClN4. The van der Waals surface area contributed by atoms with Crippen LogP contribution in [0.2, 0.25) is 5.02 Å². The molecule has 5 heteroatoms. The first-order valence-corrected chi connectivity index (χ1v) is 8.59. The molecule has 1 aliphatic rings. The lowest BCUT2D eigenvalue weighted by Gasteiger charge is -2.30. The van der Waals surface area contributed by atoms with Crippen molar-refractivity contribution >= 4 is 11.6 Å². The van der Waals surface area contributed by atoms with Crippen LogP contribution in [0.5, 0.6) is 0 Å². The molecule has 1 N–H and O–H groups in total. The minimum Gasteiger partial charge on any atom is -0.314 e. The van der Waals surface area contributed by atoms with Gasteiger partial charge in [0.05, 0.1) is 23.5 Å². The van der Waals surface area contributed by atoms with Crippen LogP contribution in [0.1, 0.15) is 50.6 Å². The molecule has 1 aromatic heterocycles. The molecule has 1 aliphatic carbocycles. The van der Waals surface area contributed by atoms with E-state index in [4.69, 9.17) is 11.6 Å². The summed E-state index contributed by atoms with van der Waals surface area (Å²) in [5.74, 6) is 0.547. The van der Waals surface area contributed by atoms with Gasteiger partial charge in [-0.2, -0.15) is 5.10 Å². The summed E-state index contributed by atoms with van der Waals surface area (Å²) in [4.78, 5) is 2.19. The normalized spacial score (nSPS) is 22.9. The third kappa shape index (κ3) is 4.70. The lowest BCUT2D eigenvalue weighted by Crippen LogP contribution is -2.34. The van der Waals surface area contributed by atoms with Crippen molar-refractivity contribution < 1.29 is 0 Å². The Labute approximate surface area is 133 Å². The summed E-state index contributed by atoms with van der Waals surface area (Å²) in [6.07, 6.45) is 8.00. The van der Waals surface area contributed by atoms with Gasteiger partial charge in [-0.1, -0.05) is 24.9 Å². The number of likely N-dealkylation sites (N-methyl/N-ethyl adjacent to an activating group) is 1. The fourth-order valence-electron chi connectivity index (χ4n) is 3.22. The minimum absolute atomic E-state index is 0.547. The number of hydrogen-bond acceptors (Lipinski definition) is 3. The van der Waals surface area contributed by atoms with Crippen molar-refractivity contribution in [2.24, 2.45) is 0 Å². The van der Waals surface area contributed by atoms with E-state index in [1.54, 1.807) is 0 Å². The molecule has 21 heavy (non-hydrogen) atoms. The van der Waals surface area contributed by atoms with Crippen LogP contribution >= 0.6 is 11.6 Å². The first kappa shape index (κ1) is 16.8. The van der Waals surface area contributed by atoms with Crippen LogP contribution in [0.15, 0.2) is 6.20 Å². The SMILES string of the molecule is CCCNC1CCCC(c2c(Cl)cnn2CCN(C)C)C1. The number of nitrogens with zero attached hydrogens (tertiary/aromatic N) is 3. The molecule has 1 heterocycles. The van der Waals surface area contributed by atoms with Crippen molar-refractivity contribution in [2.75, 3.05) is 27.2 Å². The largest absolute Gasteiger partial charge is 0.314 e. The van der Waals surface area contributed by atoms with Gasteiger partial charge in [-0.15, -0.1) is 0 Å². The summed E-state index contributed by atoms with van der Waals surface area (Å²) >= 11 is 6.43. The maximum absolute atomic E-state index is 6.43. The molecular weight excluding hydrogens is 284 g/mol. The Morgan fingerprint density at radius 3 is 2.95 bits per heavy atom. The summed E-state index contributed by atoms with van der Waals surface area (Å²) in [6.45, 7) is 5.25. The van der Waals surface area contributed by atoms with Gasteiger partial charge < -0.3 is 10.2 Å². The third-order valence-electron chi connectivity index (χ3n) is 4.34. The molecule has 0 radical (unpaired) electrons. The highest BCUT2D eigenvalue weighted by molar-refractivity contribution is 6.31. The standard InChI is InChI=1S/C16H29ClN4/c1-4-8-18-14-7-5-6-13(11-14)16-15(17)12-19-21(16)10-9-20(2)3/h12-14,18H,4-11H2,1-3H3. The fraction of sp³-hybridized carbons (Fsp3) is 0.812. The second kappa shape index (κ2) is 8.16. The highest BCUT2D eigenvalue weighted by atomic mass is 35.5. The molecule has 0 bridgehead atoms. The number of halogens is 1. The first-order valence-electron chi connectivity index (χ1n) is 8.21. The van der Waals surface area contributed by atoms with E-state index < -0.39 is 0 Å². The maximum Gasteiger partial charge on any atom is 0.0820 e. The molecule has 0 aliphatic heterocycles. The van der Waals surface area contributed by atoms with Gasteiger partial charge in [-0.3, -0.25) is 4.68 Å². The Balaban J connectivity index is 2.04. The third-order valence-corrected chi connectivity index (χ3v) is 4.63. The second-order valence-corrected chi connectivity index (χ2v) is 6.83. The topological polar surface area (TPSA) is 33.1 Å². The van der Waals surface area contributed by atoms with Crippen LogP contribution < -0.4 is 5.32 Å². The van der Waals surface area contributed by atoms with Gasteiger partial charge in [0, 0.05) is 18.5 Å². The second-order valence-electron chi connectivity index (χ2n) is 6.42. The van der Waals surface area contributed by atoms with Gasteiger partial charge in [-0.25, -0.2) is 0 Å². The predicted molar refractivity (Wildman–Crippen MR) is 89.1 cm³/mol. The monoisotopic (exact) mass is 312 g/mol. The molecule has 0 amide bonds. The number of aromatic nitrogens is 2. The van der Waals surface area contributed by atoms with Gasteiger partial charge in [0.15, 0.2) is 0 Å². The number of rotatable bonds is 7. The van der Waals surface area contributed by atoms with E-state index in [2.05, 4.69) is 41.0 Å². The van der Waals surface area contributed by atoms with Gasteiger partial charge in [0.1, 0.15) is 0 Å². The van der Waals surface area contributed by atoms with Crippen LogP contribution in [0.3, 0.4) is 0 Å². The minimum atomic E-state index is 0.547. The summed E-state index contributed by atoms with van der Waals surface area (Å²) < 4.78 is 2.12. The van der Waals surface area contributed by atoms with E-state index in [1.165, 1.54) is 37.8 Å². The van der Waals surface area contributed by atoms with Crippen molar-refractivity contribution in [1.29, 1.82) is 0 Å². The van der Waals surface area contributed by atoms with Crippen molar-refractivity contribution in [3.63, 3.8) is 0 Å². The first-order chi connectivity index (χ1) is 10.1. The lowest BCUT2D eigenvalue weighted by molar-refractivity contribution is 0.319. The van der Waals surface area contributed by atoms with Gasteiger partial charge >= 0.3 is 0 Å². The Bertz CT molecular complexity index is 430. The Hall–Kier alpha value is -0.580. The van der Waals surface area contributed by atoms with Crippen LogP contribution in [-0.2, 0) is 6.54 Å². The van der Waals surface area contributed by atoms with Crippen LogP contribution in [0.4, 0.5) is 0 Å². The zero-order valence-electron chi connectivity index (χ0n) is 13.6. The molecule has 0 aromatic carbocycles. The summed E-state index contributed by atoms with van der Waals surface area (Å²) in [5, 5.41) is 9.00. The predicted octanol–water partition coefficient (Wildman–Crippen LogP) is 3.12. The maximum atomic E-state index is 6.43. The summed E-state index contributed by atoms with van der Waals surface area (Å²) in [7, 11) is 4.19. The van der Waals surface area contributed by atoms with Crippen LogP contribution in [0, 0.1) is 0 Å². The fourth-order valence-corrected chi connectivity index (χ4v) is 3.52. The van der Waals surface area contributed by atoms with E-state index >= 15 is 0 Å². The number of hydrogen-bond donors (Lipinski definition) is 1. The number of nitrogens with one attached hydrogen (secondary N) is 1. The Kier molecular flexibility index (Phi) is 6.52. The van der Waals surface area contributed by atoms with Crippen molar-refractivity contribution in [3.05, 3.63) is 16.9 Å². The van der Waals surface area contributed by atoms with E-state index in [0.29, 0.717) is 12.0 Å². The van der Waals surface area contributed by atoms with E-state index in [-0.39, 0.29) is 0 Å². The lowest BCUT2D eigenvalue weighted by atomic mass is 9.83. The highest BCUT2D eigenvalue weighted by Gasteiger charge is 2.27. The van der Waals surface area contributed by atoms with Gasteiger partial charge in [-0.05, 0) is 46.3 Å². The molecule has 1 fully saturated rings. The van der Waals surface area contributed by atoms with Gasteiger partial charge in [0.25, 0.3) is 0 Å². The molecule has 1 saturated carbocycles. The molecule has 2 rings (SSSR count).